The van der Waals surface area contributed by atoms with Gasteiger partial charge in [-0.1, -0.05) is 20.8 Å². The highest BCUT2D eigenvalue weighted by atomic mass is 19.4. The molecule has 1 atom stereocenters. The minimum absolute atomic E-state index is 0.353. The van der Waals surface area contributed by atoms with Gasteiger partial charge in [-0.3, -0.25) is 0 Å². The van der Waals surface area contributed by atoms with Crippen molar-refractivity contribution in [1.82, 2.24) is 0 Å². The molecule has 0 radical (unpaired) electrons. The van der Waals surface area contributed by atoms with Crippen LogP contribution < -0.4 is 4.90 Å². The molecule has 5 heteroatoms. The molecule has 1 aromatic rings. The molecule has 1 heterocycles. The van der Waals surface area contributed by atoms with Crippen molar-refractivity contribution in [2.24, 2.45) is 0 Å². The van der Waals surface area contributed by atoms with Crippen molar-refractivity contribution < 1.29 is 18.3 Å². The minimum atomic E-state index is -4.35. The fourth-order valence-electron chi connectivity index (χ4n) is 2.37. The Morgan fingerprint density at radius 1 is 1.10 bits per heavy atom. The smallest absolute Gasteiger partial charge is 0.391 e. The SMILES string of the molecule is CC(C)(C)c1cc(N2CCC(O)C2)cc(C(F)(F)F)c1. The van der Waals surface area contributed by atoms with Crippen molar-refractivity contribution in [2.45, 2.75) is 44.9 Å². The lowest BCUT2D eigenvalue weighted by atomic mass is 9.85. The lowest BCUT2D eigenvalue weighted by molar-refractivity contribution is -0.137. The zero-order valence-electron chi connectivity index (χ0n) is 12.0. The molecular formula is C15H20F3NO. The number of rotatable bonds is 1. The summed E-state index contributed by atoms with van der Waals surface area (Å²) in [6.45, 7) is 6.66. The van der Waals surface area contributed by atoms with Crippen molar-refractivity contribution in [2.75, 3.05) is 18.0 Å². The Balaban J connectivity index is 2.46. The van der Waals surface area contributed by atoms with Crippen LogP contribution in [0.15, 0.2) is 18.2 Å². The molecule has 1 fully saturated rings. The van der Waals surface area contributed by atoms with E-state index in [1.807, 2.05) is 25.7 Å². The van der Waals surface area contributed by atoms with Crippen LogP contribution in [0.3, 0.4) is 0 Å². The number of hydrogen-bond donors (Lipinski definition) is 1. The van der Waals surface area contributed by atoms with Crippen LogP contribution in [0.5, 0.6) is 0 Å². The molecular weight excluding hydrogens is 267 g/mol. The van der Waals surface area contributed by atoms with E-state index in [9.17, 15) is 18.3 Å². The van der Waals surface area contributed by atoms with Gasteiger partial charge >= 0.3 is 6.18 Å². The Labute approximate surface area is 117 Å². The number of anilines is 1. The Morgan fingerprint density at radius 2 is 1.70 bits per heavy atom. The minimum Gasteiger partial charge on any atom is -0.391 e. The van der Waals surface area contributed by atoms with E-state index in [-0.39, 0.29) is 5.41 Å². The number of benzene rings is 1. The van der Waals surface area contributed by atoms with E-state index >= 15 is 0 Å². The number of halogens is 3. The van der Waals surface area contributed by atoms with E-state index in [0.717, 1.165) is 0 Å². The summed E-state index contributed by atoms with van der Waals surface area (Å²) in [4.78, 5) is 1.81. The molecule has 112 valence electrons. The summed E-state index contributed by atoms with van der Waals surface area (Å²) in [6.07, 6.45) is -4.21. The molecule has 0 aromatic heterocycles. The van der Waals surface area contributed by atoms with Gasteiger partial charge in [0.2, 0.25) is 0 Å². The second-order valence-electron chi connectivity index (χ2n) is 6.40. The molecule has 0 spiro atoms. The summed E-state index contributed by atoms with van der Waals surface area (Å²) < 4.78 is 39.1. The third-order valence-electron chi connectivity index (χ3n) is 3.64. The van der Waals surface area contributed by atoms with Crippen LogP contribution in [0.25, 0.3) is 0 Å². The first-order valence-electron chi connectivity index (χ1n) is 6.73. The van der Waals surface area contributed by atoms with Crippen LogP contribution in [0, 0.1) is 0 Å². The topological polar surface area (TPSA) is 23.5 Å². The van der Waals surface area contributed by atoms with Gasteiger partial charge in [0.15, 0.2) is 0 Å². The first kappa shape index (κ1) is 15.2. The van der Waals surface area contributed by atoms with E-state index in [4.69, 9.17) is 0 Å². The van der Waals surface area contributed by atoms with Crippen LogP contribution in [-0.4, -0.2) is 24.3 Å². The largest absolute Gasteiger partial charge is 0.416 e. The van der Waals surface area contributed by atoms with Gasteiger partial charge in [-0.2, -0.15) is 13.2 Å². The van der Waals surface area contributed by atoms with Crippen LogP contribution in [-0.2, 0) is 11.6 Å². The van der Waals surface area contributed by atoms with Gasteiger partial charge in [-0.05, 0) is 35.6 Å². The number of β-amino-alcohol motifs (C(OH)–C–C–N with tert-alkyl or cyclic N) is 1. The van der Waals surface area contributed by atoms with Gasteiger partial charge in [0.05, 0.1) is 11.7 Å². The fraction of sp³-hybridized carbons (Fsp3) is 0.600. The molecule has 20 heavy (non-hydrogen) atoms. The van der Waals surface area contributed by atoms with E-state index in [0.29, 0.717) is 30.8 Å². The average Bonchev–Trinajstić information content (AvgIpc) is 2.73. The summed E-state index contributed by atoms with van der Waals surface area (Å²) >= 11 is 0. The predicted octanol–water partition coefficient (Wildman–Crippen LogP) is 3.57. The zero-order valence-corrected chi connectivity index (χ0v) is 12.0. The molecule has 0 aliphatic carbocycles. The third-order valence-corrected chi connectivity index (χ3v) is 3.64. The van der Waals surface area contributed by atoms with Gasteiger partial charge in [-0.25, -0.2) is 0 Å². The molecule has 0 saturated carbocycles. The highest BCUT2D eigenvalue weighted by Gasteiger charge is 2.33. The van der Waals surface area contributed by atoms with Crippen molar-refractivity contribution in [1.29, 1.82) is 0 Å². The Hall–Kier alpha value is -1.23. The van der Waals surface area contributed by atoms with Crippen LogP contribution in [0.4, 0.5) is 18.9 Å². The number of aliphatic hydroxyl groups excluding tert-OH is 1. The summed E-state index contributed by atoms with van der Waals surface area (Å²) in [7, 11) is 0. The van der Waals surface area contributed by atoms with Crippen LogP contribution >= 0.6 is 0 Å². The second-order valence-corrected chi connectivity index (χ2v) is 6.40. The van der Waals surface area contributed by atoms with E-state index in [2.05, 4.69) is 0 Å². The Bertz CT molecular complexity index is 459. The van der Waals surface area contributed by atoms with E-state index in [1.54, 1.807) is 6.07 Å². The summed E-state index contributed by atoms with van der Waals surface area (Å²) in [5.41, 5.74) is 0.222. The maximum Gasteiger partial charge on any atom is 0.416 e. The summed E-state index contributed by atoms with van der Waals surface area (Å²) in [5.74, 6) is 0. The molecule has 2 rings (SSSR count). The number of alkyl halides is 3. The molecule has 1 aliphatic heterocycles. The van der Waals surface area contributed by atoms with Crippen molar-refractivity contribution >= 4 is 5.69 Å². The first-order chi connectivity index (χ1) is 9.07. The highest BCUT2D eigenvalue weighted by molar-refractivity contribution is 5.54. The molecule has 1 unspecified atom stereocenters. The van der Waals surface area contributed by atoms with Gasteiger partial charge in [0, 0.05) is 18.8 Å². The average molecular weight is 287 g/mol. The number of aliphatic hydroxyl groups is 1. The second kappa shape index (κ2) is 4.95. The molecule has 0 bridgehead atoms. The van der Waals surface area contributed by atoms with Crippen molar-refractivity contribution in [3.8, 4) is 0 Å². The number of nitrogens with zero attached hydrogens (tertiary/aromatic N) is 1. The lowest BCUT2D eigenvalue weighted by Crippen LogP contribution is -2.23. The van der Waals surface area contributed by atoms with E-state index in [1.165, 1.54) is 12.1 Å². The molecule has 2 nitrogen and oxygen atoms in total. The van der Waals surface area contributed by atoms with Crippen LogP contribution in [0.2, 0.25) is 0 Å². The standard InChI is InChI=1S/C15H20F3NO/c1-14(2,3)10-6-11(15(16,17)18)8-12(7-10)19-5-4-13(20)9-19/h6-8,13,20H,4-5,9H2,1-3H3. The fourth-order valence-corrected chi connectivity index (χ4v) is 2.37. The monoisotopic (exact) mass is 287 g/mol. The van der Waals surface area contributed by atoms with Gasteiger partial charge in [0.25, 0.3) is 0 Å². The maximum absolute atomic E-state index is 13.0. The third kappa shape index (κ3) is 3.26. The summed E-state index contributed by atoms with van der Waals surface area (Å²) in [5, 5.41) is 9.56. The highest BCUT2D eigenvalue weighted by Crippen LogP contribution is 2.36. The lowest BCUT2D eigenvalue weighted by Gasteiger charge is -2.25. The molecule has 1 aromatic carbocycles. The Morgan fingerprint density at radius 3 is 2.15 bits per heavy atom. The van der Waals surface area contributed by atoms with Gasteiger partial charge < -0.3 is 10.0 Å². The summed E-state index contributed by atoms with van der Waals surface area (Å²) in [6, 6.07) is 4.19. The van der Waals surface area contributed by atoms with Gasteiger partial charge in [0.1, 0.15) is 0 Å². The van der Waals surface area contributed by atoms with E-state index < -0.39 is 17.8 Å². The normalized spacial score (nSPS) is 20.6. The number of hydrogen-bond acceptors (Lipinski definition) is 2. The predicted molar refractivity (Wildman–Crippen MR) is 73.0 cm³/mol. The molecule has 0 amide bonds. The Kier molecular flexibility index (Phi) is 3.75. The molecule has 1 N–H and O–H groups in total. The van der Waals surface area contributed by atoms with Gasteiger partial charge in [-0.15, -0.1) is 0 Å². The molecule has 1 aliphatic rings. The zero-order chi connectivity index (χ0) is 15.1. The van der Waals surface area contributed by atoms with Crippen molar-refractivity contribution in [3.05, 3.63) is 29.3 Å². The quantitative estimate of drug-likeness (QED) is 0.853. The van der Waals surface area contributed by atoms with Crippen molar-refractivity contribution in [3.63, 3.8) is 0 Å². The maximum atomic E-state index is 13.0. The first-order valence-corrected chi connectivity index (χ1v) is 6.73. The van der Waals surface area contributed by atoms with Crippen LogP contribution in [0.1, 0.15) is 38.3 Å². The molecule has 1 saturated heterocycles.